The topological polar surface area (TPSA) is 71.0 Å². The Balaban J connectivity index is 1.12. The molecule has 0 spiro atoms. The second-order valence-electron chi connectivity index (χ2n) is 14.5. The molecule has 2 unspecified atom stereocenters. The minimum absolute atomic E-state index is 0.148. The Morgan fingerprint density at radius 3 is 1.84 bits per heavy atom. The summed E-state index contributed by atoms with van der Waals surface area (Å²) in [6.07, 6.45) is 31.1. The largest absolute Gasteiger partial charge is 0.756 e. The third-order valence-electron chi connectivity index (χ3n) is 9.19. The van der Waals surface area contributed by atoms with Crippen LogP contribution in [-0.4, -0.2) is 58.9 Å². The van der Waals surface area contributed by atoms with E-state index in [1.165, 1.54) is 89.0 Å². The molecule has 10 heteroatoms. The van der Waals surface area contributed by atoms with E-state index in [0.717, 1.165) is 42.5 Å². The number of allylic oxidation sites excluding steroid dienone is 7. The van der Waals surface area contributed by atoms with Gasteiger partial charge in [0.2, 0.25) is 0 Å². The lowest BCUT2D eigenvalue weighted by Gasteiger charge is -2.27. The maximum Gasteiger partial charge on any atom is 0.549 e. The summed E-state index contributed by atoms with van der Waals surface area (Å²) in [5.41, 5.74) is 4.41. The van der Waals surface area contributed by atoms with Gasteiger partial charge in [-0.2, -0.15) is 0 Å². The highest BCUT2D eigenvalue weighted by Gasteiger charge is 2.33. The van der Waals surface area contributed by atoms with Gasteiger partial charge in [0, 0.05) is 17.6 Å². The van der Waals surface area contributed by atoms with Crippen LogP contribution < -0.4 is 4.89 Å². The van der Waals surface area contributed by atoms with Crippen molar-refractivity contribution in [2.75, 3.05) is 40.9 Å². The molecule has 1 aromatic carbocycles. The van der Waals surface area contributed by atoms with Gasteiger partial charge in [-0.3, -0.25) is 18.2 Å². The molecule has 1 heterocycles. The SMILES string of the molecule is C[N+](C)(C)CCOP(=O)([O-])OCCCCCCCCCCCCCCCCCCc1ccc(/C(C2=CC=CC2B(F)F)=C2\C=CC=N2)cc1. The molecule has 0 saturated carbocycles. The summed E-state index contributed by atoms with van der Waals surface area (Å²) in [4.78, 5) is 16.2. The molecule has 1 aromatic rings. The van der Waals surface area contributed by atoms with Crippen molar-refractivity contribution in [1.82, 2.24) is 0 Å². The highest BCUT2D eigenvalue weighted by Crippen LogP contribution is 2.42. The Kier molecular flexibility index (Phi) is 19.0. The Labute approximate surface area is 295 Å². The molecule has 0 aromatic heterocycles. The van der Waals surface area contributed by atoms with Crippen molar-refractivity contribution < 1.29 is 31.6 Å². The number of hydrogen-bond acceptors (Lipinski definition) is 5. The van der Waals surface area contributed by atoms with Gasteiger partial charge in [-0.1, -0.05) is 132 Å². The fourth-order valence-corrected chi connectivity index (χ4v) is 6.99. The van der Waals surface area contributed by atoms with Gasteiger partial charge < -0.3 is 18.4 Å². The molecular weight excluding hydrogens is 640 g/mol. The van der Waals surface area contributed by atoms with E-state index in [1.807, 2.05) is 33.3 Å². The van der Waals surface area contributed by atoms with E-state index < -0.39 is 20.9 Å². The monoisotopic (exact) mass is 700 g/mol. The number of aryl methyl sites for hydroxylation is 1. The highest BCUT2D eigenvalue weighted by molar-refractivity contribution is 7.45. The summed E-state index contributed by atoms with van der Waals surface area (Å²) in [5, 5.41) is 0. The molecule has 1 aliphatic carbocycles. The molecule has 1 aliphatic heterocycles. The molecule has 0 radical (unpaired) electrons. The van der Waals surface area contributed by atoms with Gasteiger partial charge in [-0.05, 0) is 48.1 Å². The molecule has 2 aliphatic rings. The van der Waals surface area contributed by atoms with Crippen LogP contribution in [0.5, 0.6) is 0 Å². The first-order valence-corrected chi connectivity index (χ1v) is 20.1. The first-order valence-electron chi connectivity index (χ1n) is 18.7. The first-order chi connectivity index (χ1) is 23.6. The lowest BCUT2D eigenvalue weighted by Crippen LogP contribution is -2.37. The van der Waals surface area contributed by atoms with Gasteiger partial charge in [0.1, 0.15) is 13.2 Å². The summed E-state index contributed by atoms with van der Waals surface area (Å²) >= 11 is 0. The van der Waals surface area contributed by atoms with Gasteiger partial charge in [0.15, 0.2) is 0 Å². The predicted octanol–water partition coefficient (Wildman–Crippen LogP) is 10.3. The van der Waals surface area contributed by atoms with Crippen molar-refractivity contribution in [3.63, 3.8) is 0 Å². The zero-order chi connectivity index (χ0) is 35.4. The molecule has 0 bridgehead atoms. The quantitative estimate of drug-likeness (QED) is 0.0397. The van der Waals surface area contributed by atoms with Crippen molar-refractivity contribution in [1.29, 1.82) is 0 Å². The predicted molar refractivity (Wildman–Crippen MR) is 200 cm³/mol. The van der Waals surface area contributed by atoms with Gasteiger partial charge in [-0.15, -0.1) is 0 Å². The number of likely N-dealkylation sites (N-methyl/N-ethyl adjacent to an activating group) is 1. The van der Waals surface area contributed by atoms with E-state index in [-0.39, 0.29) is 13.2 Å². The number of hydrogen-bond donors (Lipinski definition) is 0. The molecule has 0 fully saturated rings. The van der Waals surface area contributed by atoms with Crippen LogP contribution >= 0.6 is 7.82 Å². The molecule has 6 nitrogen and oxygen atoms in total. The molecule has 0 N–H and O–H groups in total. The number of nitrogens with zero attached hydrogens (tertiary/aromatic N) is 2. The fraction of sp³-hybridized carbons (Fsp3) is 0.615. The molecule has 49 heavy (non-hydrogen) atoms. The zero-order valence-electron chi connectivity index (χ0n) is 30.3. The van der Waals surface area contributed by atoms with E-state index in [9.17, 15) is 18.1 Å². The lowest BCUT2D eigenvalue weighted by atomic mass is 9.71. The third-order valence-corrected chi connectivity index (χ3v) is 10.2. The van der Waals surface area contributed by atoms with Gasteiger partial charge in [0.25, 0.3) is 7.82 Å². The second-order valence-corrected chi connectivity index (χ2v) is 15.9. The second kappa shape index (κ2) is 22.6. The summed E-state index contributed by atoms with van der Waals surface area (Å²) in [7, 11) is -0.645. The van der Waals surface area contributed by atoms with Crippen molar-refractivity contribution in [2.24, 2.45) is 4.99 Å². The van der Waals surface area contributed by atoms with E-state index in [0.29, 0.717) is 16.6 Å². The van der Waals surface area contributed by atoms with Gasteiger partial charge >= 0.3 is 7.27 Å². The van der Waals surface area contributed by atoms with E-state index in [2.05, 4.69) is 29.3 Å². The number of phosphoric acid groups is 1. The number of halogens is 2. The number of rotatable bonds is 27. The Morgan fingerprint density at radius 2 is 1.33 bits per heavy atom. The van der Waals surface area contributed by atoms with Crippen LogP contribution in [0, 0.1) is 0 Å². The van der Waals surface area contributed by atoms with Crippen LogP contribution in [0.25, 0.3) is 5.57 Å². The minimum atomic E-state index is -4.17. The first kappa shape index (κ1) is 41.3. The number of quaternary nitrogens is 1. The van der Waals surface area contributed by atoms with Crippen LogP contribution in [-0.2, 0) is 20.0 Å². The molecule has 3 rings (SSSR count). The van der Waals surface area contributed by atoms with Gasteiger partial charge in [0.05, 0.1) is 33.4 Å². The summed E-state index contributed by atoms with van der Waals surface area (Å²) in [6, 6.07) is 8.39. The Morgan fingerprint density at radius 1 is 0.796 bits per heavy atom. The number of unbranched alkanes of at least 4 members (excludes halogenated alkanes) is 15. The van der Waals surface area contributed by atoms with E-state index in [1.54, 1.807) is 24.4 Å². The molecule has 272 valence electrons. The average Bonchev–Trinajstić information content (AvgIpc) is 3.76. The molecule has 0 saturated heterocycles. The molecule has 2 atom stereocenters. The molecular formula is C39H60BF2N2O4P. The van der Waals surface area contributed by atoms with Crippen LogP contribution in [0.15, 0.2) is 70.9 Å². The van der Waals surface area contributed by atoms with Crippen molar-refractivity contribution in [3.8, 4) is 0 Å². The van der Waals surface area contributed by atoms with E-state index in [4.69, 9.17) is 9.05 Å². The minimum Gasteiger partial charge on any atom is -0.756 e. The van der Waals surface area contributed by atoms with Crippen LogP contribution in [0.4, 0.5) is 8.63 Å². The smallest absolute Gasteiger partial charge is 0.549 e. The van der Waals surface area contributed by atoms with Crippen molar-refractivity contribution in [3.05, 3.63) is 77.0 Å². The maximum absolute atomic E-state index is 13.7. The van der Waals surface area contributed by atoms with Crippen LogP contribution in [0.2, 0.25) is 5.82 Å². The number of aliphatic imine (C=N–C) groups is 1. The average molecular weight is 701 g/mol. The number of benzene rings is 1. The zero-order valence-corrected chi connectivity index (χ0v) is 31.2. The Bertz CT molecular complexity index is 1290. The van der Waals surface area contributed by atoms with Crippen LogP contribution in [0.1, 0.15) is 114 Å². The Hall–Kier alpha value is -2.16. The highest BCUT2D eigenvalue weighted by atomic mass is 31.2. The van der Waals surface area contributed by atoms with Gasteiger partial charge in [-0.25, -0.2) is 0 Å². The standard InChI is InChI=1S/C39H60BF2N2O4P/c1-44(2,3)31-33-48-49(45,46)47-32-19-17-15-13-11-9-7-5-4-6-8-10-12-14-16-18-22-34-26-28-35(29-27-34)39(38-25-21-30-43-38)36-23-20-24-37(36)40(41)42/h20-21,23-30,37H,4-19,22,31-33H2,1-3H3/b39-38-. The maximum atomic E-state index is 13.7. The van der Waals surface area contributed by atoms with E-state index >= 15 is 0 Å². The third kappa shape index (κ3) is 17.1. The normalized spacial score (nSPS) is 17.9. The number of phosphoric ester groups is 1. The summed E-state index contributed by atoms with van der Waals surface area (Å²) < 4.78 is 49.7. The fourth-order valence-electron chi connectivity index (χ4n) is 6.26. The van der Waals surface area contributed by atoms with Crippen molar-refractivity contribution in [2.45, 2.75) is 115 Å². The molecule has 0 amide bonds. The summed E-state index contributed by atoms with van der Waals surface area (Å²) in [5.74, 6) is -0.890. The lowest BCUT2D eigenvalue weighted by molar-refractivity contribution is -0.870. The van der Waals surface area contributed by atoms with Crippen LogP contribution in [0.3, 0.4) is 0 Å². The summed E-state index contributed by atoms with van der Waals surface area (Å²) in [6.45, 7) is 0.972. The van der Waals surface area contributed by atoms with Crippen molar-refractivity contribution >= 4 is 26.9 Å².